The fraction of sp³-hybridized carbons (Fsp3) is 0.333. The lowest BCUT2D eigenvalue weighted by molar-refractivity contribution is 0.318. The third-order valence-electron chi connectivity index (χ3n) is 3.74. The summed E-state index contributed by atoms with van der Waals surface area (Å²) in [7, 11) is 0. The molecule has 0 unspecified atom stereocenters. The van der Waals surface area contributed by atoms with Gasteiger partial charge in [-0.3, -0.25) is 0 Å². The van der Waals surface area contributed by atoms with Crippen LogP contribution in [0, 0.1) is 0 Å². The summed E-state index contributed by atoms with van der Waals surface area (Å²) in [5, 5.41) is 1.06. The van der Waals surface area contributed by atoms with Crippen LogP contribution in [-0.2, 0) is 5.41 Å². The molecule has 0 heterocycles. The van der Waals surface area contributed by atoms with E-state index in [0.717, 1.165) is 12.0 Å². The Morgan fingerprint density at radius 2 is 1.55 bits per heavy atom. The molecule has 0 radical (unpaired) electrons. The van der Waals surface area contributed by atoms with Gasteiger partial charge in [-0.25, -0.2) is 0 Å². The van der Waals surface area contributed by atoms with Gasteiger partial charge in [-0.15, -0.1) is 11.6 Å². The van der Waals surface area contributed by atoms with Crippen LogP contribution in [0.15, 0.2) is 42.5 Å². The Bertz CT molecular complexity index is 600. The highest BCUT2D eigenvalue weighted by molar-refractivity contribution is 6.37. The van der Waals surface area contributed by atoms with Crippen molar-refractivity contribution < 1.29 is 4.74 Å². The van der Waals surface area contributed by atoms with Gasteiger partial charge in [0.1, 0.15) is 0 Å². The van der Waals surface area contributed by atoms with Crippen molar-refractivity contribution in [1.82, 2.24) is 0 Å². The van der Waals surface area contributed by atoms with Crippen LogP contribution in [-0.4, -0.2) is 12.5 Å². The lowest BCUT2D eigenvalue weighted by Crippen LogP contribution is -2.19. The monoisotopic (exact) mass is 356 g/mol. The van der Waals surface area contributed by atoms with Crippen LogP contribution < -0.4 is 4.74 Å². The van der Waals surface area contributed by atoms with Crippen molar-refractivity contribution in [2.45, 2.75) is 25.7 Å². The fourth-order valence-electron chi connectivity index (χ4n) is 2.31. The Morgan fingerprint density at radius 1 is 0.955 bits per heavy atom. The van der Waals surface area contributed by atoms with E-state index in [1.807, 2.05) is 30.3 Å². The van der Waals surface area contributed by atoms with Gasteiger partial charge in [-0.05, 0) is 29.7 Å². The summed E-state index contributed by atoms with van der Waals surface area (Å²) < 4.78 is 5.63. The van der Waals surface area contributed by atoms with E-state index in [0.29, 0.717) is 28.3 Å². The van der Waals surface area contributed by atoms with Gasteiger partial charge in [0.05, 0.1) is 16.7 Å². The molecule has 4 heteroatoms. The summed E-state index contributed by atoms with van der Waals surface area (Å²) in [6.45, 7) is 4.81. The molecule has 0 saturated carbocycles. The Hall–Kier alpha value is -0.890. The molecule has 0 fully saturated rings. The summed E-state index contributed by atoms with van der Waals surface area (Å²) in [6.07, 6.45) is 0.755. The smallest absolute Gasteiger partial charge is 0.156 e. The highest BCUT2D eigenvalue weighted by Crippen LogP contribution is 2.40. The van der Waals surface area contributed by atoms with Crippen molar-refractivity contribution in [3.8, 4) is 5.75 Å². The van der Waals surface area contributed by atoms with E-state index < -0.39 is 0 Å². The molecular weight excluding hydrogens is 339 g/mol. The van der Waals surface area contributed by atoms with Crippen molar-refractivity contribution in [1.29, 1.82) is 0 Å². The molecule has 0 saturated heterocycles. The van der Waals surface area contributed by atoms with E-state index in [1.54, 1.807) is 0 Å². The van der Waals surface area contributed by atoms with Crippen molar-refractivity contribution in [3.63, 3.8) is 0 Å². The quantitative estimate of drug-likeness (QED) is 0.434. The maximum Gasteiger partial charge on any atom is 0.156 e. The summed E-state index contributed by atoms with van der Waals surface area (Å²) >= 11 is 18.4. The molecule has 118 valence electrons. The summed E-state index contributed by atoms with van der Waals surface area (Å²) in [5.74, 6) is 1.08. The van der Waals surface area contributed by atoms with Gasteiger partial charge in [0.25, 0.3) is 0 Å². The highest BCUT2D eigenvalue weighted by atomic mass is 35.5. The van der Waals surface area contributed by atoms with Gasteiger partial charge in [-0.1, -0.05) is 67.4 Å². The van der Waals surface area contributed by atoms with Crippen LogP contribution in [0.3, 0.4) is 0 Å². The minimum absolute atomic E-state index is 0.191. The number of hydrogen-bond donors (Lipinski definition) is 0. The second-order valence-corrected chi connectivity index (χ2v) is 6.84. The van der Waals surface area contributed by atoms with Gasteiger partial charge in [0.15, 0.2) is 5.75 Å². The van der Waals surface area contributed by atoms with Crippen LogP contribution >= 0.6 is 34.8 Å². The Labute approximate surface area is 147 Å². The largest absolute Gasteiger partial charge is 0.490 e. The first-order valence-electron chi connectivity index (χ1n) is 7.20. The van der Waals surface area contributed by atoms with Gasteiger partial charge >= 0.3 is 0 Å². The fourth-order valence-corrected chi connectivity index (χ4v) is 3.01. The van der Waals surface area contributed by atoms with Crippen LogP contribution in [0.25, 0.3) is 0 Å². The molecule has 2 rings (SSSR count). The topological polar surface area (TPSA) is 9.23 Å². The van der Waals surface area contributed by atoms with Crippen LogP contribution in [0.4, 0.5) is 0 Å². The number of rotatable bonds is 6. The van der Waals surface area contributed by atoms with E-state index in [-0.39, 0.29) is 5.41 Å². The first-order chi connectivity index (χ1) is 10.5. The molecule has 0 bridgehead atoms. The Morgan fingerprint density at radius 3 is 2.09 bits per heavy atom. The molecule has 2 aromatic carbocycles. The first-order valence-corrected chi connectivity index (χ1v) is 8.49. The normalized spacial score (nSPS) is 11.5. The number of benzene rings is 2. The average Bonchev–Trinajstić information content (AvgIpc) is 2.50. The molecule has 22 heavy (non-hydrogen) atoms. The number of ether oxygens (including phenoxy) is 1. The van der Waals surface area contributed by atoms with Gasteiger partial charge in [-0.2, -0.15) is 0 Å². The zero-order valence-electron chi connectivity index (χ0n) is 12.7. The van der Waals surface area contributed by atoms with E-state index in [9.17, 15) is 0 Å². The molecule has 0 aliphatic rings. The molecule has 0 aromatic heterocycles. The molecule has 0 N–H and O–H groups in total. The third-order valence-corrected chi connectivity index (χ3v) is 4.57. The zero-order chi connectivity index (χ0) is 16.2. The lowest BCUT2D eigenvalue weighted by Gasteiger charge is -2.27. The van der Waals surface area contributed by atoms with Crippen LogP contribution in [0.2, 0.25) is 10.0 Å². The predicted octanol–water partition coefficient (Wildman–Crippen LogP) is 6.33. The van der Waals surface area contributed by atoms with Crippen LogP contribution in [0.5, 0.6) is 5.75 Å². The molecule has 0 aliphatic heterocycles. The minimum Gasteiger partial charge on any atom is -0.490 e. The number of alkyl halides is 1. The molecular formula is C18H19Cl3O. The average molecular weight is 358 g/mol. The lowest BCUT2D eigenvalue weighted by atomic mass is 9.78. The van der Waals surface area contributed by atoms with E-state index in [4.69, 9.17) is 39.5 Å². The molecule has 2 aromatic rings. The Kier molecular flexibility index (Phi) is 6.02. The second kappa shape index (κ2) is 7.59. The SMILES string of the molecule is CC(C)(c1ccccc1)c1cc(Cl)c(OCCCCl)c(Cl)c1. The maximum atomic E-state index is 6.36. The van der Waals surface area contributed by atoms with Gasteiger partial charge < -0.3 is 4.74 Å². The van der Waals surface area contributed by atoms with Crippen molar-refractivity contribution in [2.75, 3.05) is 12.5 Å². The van der Waals surface area contributed by atoms with E-state index in [1.165, 1.54) is 5.56 Å². The third kappa shape index (κ3) is 3.90. The van der Waals surface area contributed by atoms with Crippen molar-refractivity contribution in [2.24, 2.45) is 0 Å². The molecule has 0 amide bonds. The molecule has 0 spiro atoms. The van der Waals surface area contributed by atoms with Crippen molar-refractivity contribution in [3.05, 3.63) is 63.6 Å². The molecule has 0 atom stereocenters. The number of hydrogen-bond acceptors (Lipinski definition) is 1. The van der Waals surface area contributed by atoms with Crippen molar-refractivity contribution >= 4 is 34.8 Å². The molecule has 0 aliphatic carbocycles. The minimum atomic E-state index is -0.191. The van der Waals surface area contributed by atoms with E-state index >= 15 is 0 Å². The van der Waals surface area contributed by atoms with E-state index in [2.05, 4.69) is 26.0 Å². The summed E-state index contributed by atoms with van der Waals surface area (Å²) in [6, 6.07) is 14.1. The predicted molar refractivity (Wildman–Crippen MR) is 95.9 cm³/mol. The standard InChI is InChI=1S/C18H19Cl3O/c1-18(2,13-7-4-3-5-8-13)14-11-15(20)17(16(21)12-14)22-10-6-9-19/h3-5,7-8,11-12H,6,9-10H2,1-2H3. The van der Waals surface area contributed by atoms with Gasteiger partial charge in [0, 0.05) is 11.3 Å². The summed E-state index contributed by atoms with van der Waals surface area (Å²) in [4.78, 5) is 0. The Balaban J connectivity index is 2.33. The van der Waals surface area contributed by atoms with Gasteiger partial charge in [0.2, 0.25) is 0 Å². The number of halogens is 3. The summed E-state index contributed by atoms with van der Waals surface area (Å²) in [5.41, 5.74) is 2.07. The highest BCUT2D eigenvalue weighted by Gasteiger charge is 2.25. The first kappa shape index (κ1) is 17.5. The zero-order valence-corrected chi connectivity index (χ0v) is 15.0. The second-order valence-electron chi connectivity index (χ2n) is 5.65. The molecule has 1 nitrogen and oxygen atoms in total. The maximum absolute atomic E-state index is 6.36. The van der Waals surface area contributed by atoms with Crippen LogP contribution in [0.1, 0.15) is 31.4 Å².